The molecule has 0 fully saturated rings. The molecule has 0 amide bonds. The number of benzene rings is 1. The van der Waals surface area contributed by atoms with Gasteiger partial charge in [-0.1, -0.05) is 29.8 Å². The first-order chi connectivity index (χ1) is 8.20. The fraction of sp³-hybridized carbons (Fsp3) is 0.286. The maximum absolute atomic E-state index is 4.43. The maximum atomic E-state index is 4.43. The number of aromatic nitrogens is 2. The van der Waals surface area contributed by atoms with Gasteiger partial charge in [-0.2, -0.15) is 0 Å². The summed E-state index contributed by atoms with van der Waals surface area (Å²) in [4.78, 5) is 8.72. The molecular formula is C14H17N3. The Morgan fingerprint density at radius 3 is 2.53 bits per heavy atom. The summed E-state index contributed by atoms with van der Waals surface area (Å²) in [5, 5.41) is 3.28. The van der Waals surface area contributed by atoms with Gasteiger partial charge in [0.15, 0.2) is 0 Å². The van der Waals surface area contributed by atoms with Gasteiger partial charge in [-0.3, -0.25) is 9.97 Å². The third-order valence-electron chi connectivity index (χ3n) is 2.76. The Hall–Kier alpha value is -1.74. The summed E-state index contributed by atoms with van der Waals surface area (Å²) >= 11 is 0. The number of nitrogens with one attached hydrogen (secondary N) is 1. The molecule has 1 atom stereocenters. The molecule has 2 aromatic rings. The molecule has 1 aromatic heterocycles. The van der Waals surface area contributed by atoms with Crippen LogP contribution in [0.15, 0.2) is 36.7 Å². The Kier molecular flexibility index (Phi) is 3.49. The molecule has 0 spiro atoms. The van der Waals surface area contributed by atoms with Crippen LogP contribution >= 0.6 is 0 Å². The molecule has 0 aliphatic heterocycles. The van der Waals surface area contributed by atoms with E-state index in [1.165, 1.54) is 11.1 Å². The molecule has 0 saturated carbocycles. The van der Waals surface area contributed by atoms with Gasteiger partial charge < -0.3 is 5.32 Å². The van der Waals surface area contributed by atoms with Crippen LogP contribution in [0.4, 0.5) is 0 Å². The minimum Gasteiger partial charge on any atom is -0.308 e. The average Bonchev–Trinajstić information content (AvgIpc) is 2.33. The Morgan fingerprint density at radius 2 is 1.94 bits per heavy atom. The second-order valence-corrected chi connectivity index (χ2v) is 4.22. The lowest BCUT2D eigenvalue weighted by Crippen LogP contribution is -2.19. The van der Waals surface area contributed by atoms with E-state index in [0.717, 1.165) is 11.4 Å². The lowest BCUT2D eigenvalue weighted by atomic mass is 10.0. The van der Waals surface area contributed by atoms with E-state index in [0.29, 0.717) is 0 Å². The first kappa shape index (κ1) is 11.7. The van der Waals surface area contributed by atoms with Crippen LogP contribution < -0.4 is 5.32 Å². The van der Waals surface area contributed by atoms with Crippen LogP contribution in [-0.4, -0.2) is 17.0 Å². The molecule has 0 saturated heterocycles. The predicted molar refractivity (Wildman–Crippen MR) is 68.9 cm³/mol. The van der Waals surface area contributed by atoms with Crippen molar-refractivity contribution in [3.8, 4) is 0 Å². The Balaban J connectivity index is 2.36. The highest BCUT2D eigenvalue weighted by Gasteiger charge is 2.13. The van der Waals surface area contributed by atoms with Crippen molar-refractivity contribution in [3.05, 3.63) is 59.2 Å². The van der Waals surface area contributed by atoms with E-state index >= 15 is 0 Å². The van der Waals surface area contributed by atoms with Gasteiger partial charge in [-0.15, -0.1) is 0 Å². The summed E-state index contributed by atoms with van der Waals surface area (Å²) in [6.45, 7) is 4.04. The summed E-state index contributed by atoms with van der Waals surface area (Å²) in [5.74, 6) is 0. The third-order valence-corrected chi connectivity index (χ3v) is 2.76. The van der Waals surface area contributed by atoms with Crippen LogP contribution in [0.2, 0.25) is 0 Å². The number of rotatable bonds is 3. The average molecular weight is 227 g/mol. The van der Waals surface area contributed by atoms with Gasteiger partial charge in [0.2, 0.25) is 0 Å². The topological polar surface area (TPSA) is 37.8 Å². The van der Waals surface area contributed by atoms with Crippen molar-refractivity contribution in [2.75, 3.05) is 7.05 Å². The Bertz CT molecular complexity index is 491. The summed E-state index contributed by atoms with van der Waals surface area (Å²) in [6.07, 6.45) is 3.63. The summed E-state index contributed by atoms with van der Waals surface area (Å²) < 4.78 is 0. The first-order valence-electron chi connectivity index (χ1n) is 5.73. The molecule has 3 heteroatoms. The molecule has 1 heterocycles. The van der Waals surface area contributed by atoms with Gasteiger partial charge >= 0.3 is 0 Å². The number of nitrogens with zero attached hydrogens (tertiary/aromatic N) is 2. The second-order valence-electron chi connectivity index (χ2n) is 4.22. The van der Waals surface area contributed by atoms with Crippen LogP contribution in [0.25, 0.3) is 0 Å². The monoisotopic (exact) mass is 227 g/mol. The Morgan fingerprint density at radius 1 is 1.12 bits per heavy atom. The van der Waals surface area contributed by atoms with E-state index in [2.05, 4.69) is 46.5 Å². The highest BCUT2D eigenvalue weighted by atomic mass is 14.9. The van der Waals surface area contributed by atoms with Crippen molar-refractivity contribution >= 4 is 0 Å². The van der Waals surface area contributed by atoms with E-state index in [1.54, 1.807) is 6.20 Å². The van der Waals surface area contributed by atoms with Gasteiger partial charge in [0, 0.05) is 6.20 Å². The van der Waals surface area contributed by atoms with Crippen molar-refractivity contribution in [3.63, 3.8) is 0 Å². The van der Waals surface area contributed by atoms with Gasteiger partial charge in [0.05, 0.1) is 23.6 Å². The molecular weight excluding hydrogens is 210 g/mol. The zero-order chi connectivity index (χ0) is 12.3. The highest BCUT2D eigenvalue weighted by Crippen LogP contribution is 2.20. The van der Waals surface area contributed by atoms with E-state index in [-0.39, 0.29) is 6.04 Å². The van der Waals surface area contributed by atoms with Gasteiger partial charge in [-0.25, -0.2) is 0 Å². The normalized spacial score (nSPS) is 12.4. The molecule has 17 heavy (non-hydrogen) atoms. The van der Waals surface area contributed by atoms with Crippen molar-refractivity contribution in [1.82, 2.24) is 15.3 Å². The van der Waals surface area contributed by atoms with E-state index in [9.17, 15) is 0 Å². The quantitative estimate of drug-likeness (QED) is 0.875. The largest absolute Gasteiger partial charge is 0.308 e. The number of hydrogen-bond donors (Lipinski definition) is 1. The van der Waals surface area contributed by atoms with Gasteiger partial charge in [0.1, 0.15) is 0 Å². The van der Waals surface area contributed by atoms with Crippen LogP contribution in [-0.2, 0) is 0 Å². The SMILES string of the molecule is CNC(c1cccc(C)c1)c1cnc(C)cn1. The van der Waals surface area contributed by atoms with Crippen LogP contribution in [0.3, 0.4) is 0 Å². The summed E-state index contributed by atoms with van der Waals surface area (Å²) in [6, 6.07) is 8.54. The zero-order valence-corrected chi connectivity index (χ0v) is 10.4. The fourth-order valence-corrected chi connectivity index (χ4v) is 1.89. The van der Waals surface area contributed by atoms with Gasteiger partial charge in [0.25, 0.3) is 0 Å². The van der Waals surface area contributed by atoms with E-state index in [1.807, 2.05) is 20.2 Å². The van der Waals surface area contributed by atoms with E-state index in [4.69, 9.17) is 0 Å². The minimum atomic E-state index is 0.1000. The smallest absolute Gasteiger partial charge is 0.0801 e. The predicted octanol–water partition coefficient (Wildman–Crippen LogP) is 2.40. The van der Waals surface area contributed by atoms with Gasteiger partial charge in [-0.05, 0) is 26.5 Å². The number of hydrogen-bond acceptors (Lipinski definition) is 3. The fourth-order valence-electron chi connectivity index (χ4n) is 1.89. The minimum absolute atomic E-state index is 0.1000. The van der Waals surface area contributed by atoms with Crippen LogP contribution in [0.5, 0.6) is 0 Å². The molecule has 1 N–H and O–H groups in total. The molecule has 1 aromatic carbocycles. The molecule has 0 aliphatic carbocycles. The maximum Gasteiger partial charge on any atom is 0.0801 e. The van der Waals surface area contributed by atoms with Crippen molar-refractivity contribution in [2.24, 2.45) is 0 Å². The summed E-state index contributed by atoms with van der Waals surface area (Å²) in [7, 11) is 1.94. The standard InChI is InChI=1S/C14H17N3/c1-10-5-4-6-12(7-10)14(15-3)13-9-16-11(2)8-17-13/h4-9,14-15H,1-3H3. The highest BCUT2D eigenvalue weighted by molar-refractivity contribution is 5.30. The van der Waals surface area contributed by atoms with Crippen molar-refractivity contribution in [1.29, 1.82) is 0 Å². The van der Waals surface area contributed by atoms with Crippen molar-refractivity contribution < 1.29 is 0 Å². The molecule has 0 bridgehead atoms. The first-order valence-corrected chi connectivity index (χ1v) is 5.73. The molecule has 1 unspecified atom stereocenters. The van der Waals surface area contributed by atoms with Crippen LogP contribution in [0.1, 0.15) is 28.6 Å². The van der Waals surface area contributed by atoms with Crippen LogP contribution in [0, 0.1) is 13.8 Å². The lowest BCUT2D eigenvalue weighted by Gasteiger charge is -2.16. The zero-order valence-electron chi connectivity index (χ0n) is 10.4. The number of aryl methyl sites for hydroxylation is 2. The molecule has 88 valence electrons. The van der Waals surface area contributed by atoms with E-state index < -0.39 is 0 Å². The Labute approximate surface area is 102 Å². The third kappa shape index (κ3) is 2.68. The molecule has 2 rings (SSSR count). The molecule has 0 aliphatic rings. The molecule has 0 radical (unpaired) electrons. The van der Waals surface area contributed by atoms with Crippen molar-refractivity contribution in [2.45, 2.75) is 19.9 Å². The second kappa shape index (κ2) is 5.06. The lowest BCUT2D eigenvalue weighted by molar-refractivity contribution is 0.665. The summed E-state index contributed by atoms with van der Waals surface area (Å²) in [5.41, 5.74) is 4.35. The molecule has 3 nitrogen and oxygen atoms in total.